The number of benzene rings is 2. The van der Waals surface area contributed by atoms with E-state index in [0.29, 0.717) is 18.7 Å². The number of nitrogens with zero attached hydrogens (tertiary/aromatic N) is 2. The van der Waals surface area contributed by atoms with Gasteiger partial charge >= 0.3 is 0 Å². The quantitative estimate of drug-likeness (QED) is 0.785. The minimum Gasteiger partial charge on any atom is -0.493 e. The molecule has 2 aliphatic heterocycles. The Hall–Kier alpha value is -2.38. The summed E-state index contributed by atoms with van der Waals surface area (Å²) in [5, 5.41) is 0. The van der Waals surface area contributed by atoms with Gasteiger partial charge in [-0.25, -0.2) is 8.42 Å². The maximum Gasteiger partial charge on any atom is 0.253 e. The Morgan fingerprint density at radius 3 is 2.61 bits per heavy atom. The maximum atomic E-state index is 12.8. The molecule has 0 saturated carbocycles. The van der Waals surface area contributed by atoms with Crippen LogP contribution in [0.2, 0.25) is 0 Å². The predicted molar refractivity (Wildman–Crippen MR) is 106 cm³/mol. The smallest absolute Gasteiger partial charge is 0.253 e. The Labute approximate surface area is 165 Å². The Kier molecular flexibility index (Phi) is 5.12. The highest BCUT2D eigenvalue weighted by atomic mass is 32.2. The van der Waals surface area contributed by atoms with Gasteiger partial charge in [0.05, 0.1) is 11.5 Å². The first-order valence-electron chi connectivity index (χ1n) is 9.46. The molecule has 1 fully saturated rings. The second-order valence-corrected chi connectivity index (χ2v) is 9.42. The molecule has 0 aromatic heterocycles. The summed E-state index contributed by atoms with van der Waals surface area (Å²) in [5.74, 6) is 0.885. The SMILES string of the molecule is CS(=O)(=O)c1cccc(C(=O)N2CCN(Cc3ccc4c(c3)CCO4)CC2)c1. The van der Waals surface area contributed by atoms with E-state index in [1.807, 2.05) is 6.07 Å². The average molecular weight is 401 g/mol. The fourth-order valence-electron chi connectivity index (χ4n) is 3.75. The number of ether oxygens (including phenoxy) is 1. The number of hydrogen-bond donors (Lipinski definition) is 0. The van der Waals surface area contributed by atoms with Crippen LogP contribution in [0.4, 0.5) is 0 Å². The summed E-state index contributed by atoms with van der Waals surface area (Å²) >= 11 is 0. The van der Waals surface area contributed by atoms with Gasteiger partial charge in [0.1, 0.15) is 5.75 Å². The van der Waals surface area contributed by atoms with Gasteiger partial charge in [0.25, 0.3) is 5.91 Å². The van der Waals surface area contributed by atoms with Gasteiger partial charge in [-0.05, 0) is 35.4 Å². The molecular weight excluding hydrogens is 376 g/mol. The monoisotopic (exact) mass is 400 g/mol. The van der Waals surface area contributed by atoms with E-state index in [4.69, 9.17) is 4.74 Å². The topological polar surface area (TPSA) is 66.9 Å². The van der Waals surface area contributed by atoms with Crippen molar-refractivity contribution in [3.05, 3.63) is 59.2 Å². The standard InChI is InChI=1S/C21H24N2O4S/c1-28(25,26)19-4-2-3-18(14-19)21(24)23-10-8-22(9-11-23)15-16-5-6-20-17(13-16)7-12-27-20/h2-6,13-14H,7-12,15H2,1H3. The molecule has 7 heteroatoms. The molecule has 1 amide bonds. The number of piperazine rings is 1. The first-order valence-corrected chi connectivity index (χ1v) is 11.4. The number of carbonyl (C=O) groups is 1. The van der Waals surface area contributed by atoms with E-state index in [1.165, 1.54) is 23.3 Å². The number of rotatable bonds is 4. The molecule has 0 aliphatic carbocycles. The minimum absolute atomic E-state index is 0.111. The van der Waals surface area contributed by atoms with Crippen molar-refractivity contribution in [2.45, 2.75) is 17.9 Å². The molecule has 2 aliphatic rings. The lowest BCUT2D eigenvalue weighted by Crippen LogP contribution is -2.48. The van der Waals surface area contributed by atoms with Crippen LogP contribution in [-0.4, -0.2) is 63.2 Å². The molecule has 0 unspecified atom stereocenters. The van der Waals surface area contributed by atoms with Crippen molar-refractivity contribution in [2.75, 3.05) is 39.0 Å². The van der Waals surface area contributed by atoms with Gasteiger partial charge in [0.2, 0.25) is 0 Å². The van der Waals surface area contributed by atoms with Crippen LogP contribution in [0.3, 0.4) is 0 Å². The first kappa shape index (κ1) is 19.0. The van der Waals surface area contributed by atoms with Crippen LogP contribution < -0.4 is 4.74 Å². The zero-order valence-electron chi connectivity index (χ0n) is 15.9. The van der Waals surface area contributed by atoms with Crippen LogP contribution >= 0.6 is 0 Å². The predicted octanol–water partition coefficient (Wildman–Crippen LogP) is 1.98. The highest BCUT2D eigenvalue weighted by molar-refractivity contribution is 7.90. The summed E-state index contributed by atoms with van der Waals surface area (Å²) in [5.41, 5.74) is 2.97. The van der Waals surface area contributed by atoms with E-state index >= 15 is 0 Å². The molecule has 28 heavy (non-hydrogen) atoms. The van der Waals surface area contributed by atoms with Crippen LogP contribution in [0.5, 0.6) is 5.75 Å². The highest BCUT2D eigenvalue weighted by Crippen LogP contribution is 2.26. The van der Waals surface area contributed by atoms with Crippen molar-refractivity contribution in [2.24, 2.45) is 0 Å². The molecule has 1 saturated heterocycles. The zero-order chi connectivity index (χ0) is 19.7. The van der Waals surface area contributed by atoms with Crippen molar-refractivity contribution < 1.29 is 17.9 Å². The molecule has 2 aromatic rings. The highest BCUT2D eigenvalue weighted by Gasteiger charge is 2.23. The Morgan fingerprint density at radius 1 is 1.07 bits per heavy atom. The maximum absolute atomic E-state index is 12.8. The molecule has 0 N–H and O–H groups in total. The normalized spacial score (nSPS) is 17.2. The summed E-state index contributed by atoms with van der Waals surface area (Å²) < 4.78 is 29.0. The third kappa shape index (κ3) is 4.05. The van der Waals surface area contributed by atoms with Crippen molar-refractivity contribution in [3.8, 4) is 5.75 Å². The lowest BCUT2D eigenvalue weighted by atomic mass is 10.1. The second kappa shape index (κ2) is 7.56. The lowest BCUT2D eigenvalue weighted by molar-refractivity contribution is 0.0628. The van der Waals surface area contributed by atoms with E-state index in [9.17, 15) is 13.2 Å². The van der Waals surface area contributed by atoms with Gasteiger partial charge in [0.15, 0.2) is 9.84 Å². The summed E-state index contributed by atoms with van der Waals surface area (Å²) in [7, 11) is -3.33. The van der Waals surface area contributed by atoms with Crippen molar-refractivity contribution >= 4 is 15.7 Å². The first-order chi connectivity index (χ1) is 13.4. The summed E-state index contributed by atoms with van der Waals surface area (Å²) in [4.78, 5) is 17.1. The molecule has 148 valence electrons. The third-order valence-electron chi connectivity index (χ3n) is 5.33. The van der Waals surface area contributed by atoms with E-state index in [2.05, 4.69) is 17.0 Å². The largest absolute Gasteiger partial charge is 0.493 e. The van der Waals surface area contributed by atoms with Crippen LogP contribution in [0.1, 0.15) is 21.5 Å². The number of fused-ring (bicyclic) bond motifs is 1. The minimum atomic E-state index is -3.33. The summed E-state index contributed by atoms with van der Waals surface area (Å²) in [6.45, 7) is 4.49. The van der Waals surface area contributed by atoms with Crippen LogP contribution in [0.15, 0.2) is 47.4 Å². The van der Waals surface area contributed by atoms with Gasteiger partial charge in [-0.1, -0.05) is 18.2 Å². The van der Waals surface area contributed by atoms with Gasteiger partial charge in [0, 0.05) is 51.0 Å². The Balaban J connectivity index is 1.37. The van der Waals surface area contributed by atoms with E-state index in [0.717, 1.165) is 44.7 Å². The van der Waals surface area contributed by atoms with Crippen molar-refractivity contribution in [3.63, 3.8) is 0 Å². The zero-order valence-corrected chi connectivity index (χ0v) is 16.7. The van der Waals surface area contributed by atoms with Crippen molar-refractivity contribution in [1.82, 2.24) is 9.80 Å². The number of carbonyl (C=O) groups excluding carboxylic acids is 1. The molecule has 0 atom stereocenters. The third-order valence-corrected chi connectivity index (χ3v) is 6.44. The molecule has 2 heterocycles. The molecule has 0 radical (unpaired) electrons. The average Bonchev–Trinajstić information content (AvgIpc) is 3.15. The van der Waals surface area contributed by atoms with Crippen LogP contribution in [0.25, 0.3) is 0 Å². The fourth-order valence-corrected chi connectivity index (χ4v) is 4.41. The summed E-state index contributed by atoms with van der Waals surface area (Å²) in [6.07, 6.45) is 2.12. The molecular formula is C21H24N2O4S. The second-order valence-electron chi connectivity index (χ2n) is 7.41. The van der Waals surface area contributed by atoms with Gasteiger partial charge in [-0.3, -0.25) is 9.69 Å². The van der Waals surface area contributed by atoms with Gasteiger partial charge in [-0.2, -0.15) is 0 Å². The number of hydrogen-bond acceptors (Lipinski definition) is 5. The number of sulfone groups is 1. The summed E-state index contributed by atoms with van der Waals surface area (Å²) in [6, 6.07) is 12.7. The fraction of sp³-hybridized carbons (Fsp3) is 0.381. The lowest BCUT2D eigenvalue weighted by Gasteiger charge is -2.35. The van der Waals surface area contributed by atoms with E-state index < -0.39 is 9.84 Å². The van der Waals surface area contributed by atoms with E-state index in [1.54, 1.807) is 17.0 Å². The molecule has 4 rings (SSSR count). The molecule has 0 spiro atoms. The van der Waals surface area contributed by atoms with Gasteiger partial charge < -0.3 is 9.64 Å². The molecule has 2 aromatic carbocycles. The van der Waals surface area contributed by atoms with Gasteiger partial charge in [-0.15, -0.1) is 0 Å². The number of amides is 1. The van der Waals surface area contributed by atoms with Crippen molar-refractivity contribution in [1.29, 1.82) is 0 Å². The van der Waals surface area contributed by atoms with E-state index in [-0.39, 0.29) is 10.8 Å². The molecule has 0 bridgehead atoms. The Bertz CT molecular complexity index is 995. The van der Waals surface area contributed by atoms with Crippen LogP contribution in [-0.2, 0) is 22.8 Å². The van der Waals surface area contributed by atoms with Crippen LogP contribution in [0, 0.1) is 0 Å². The Morgan fingerprint density at radius 2 is 1.86 bits per heavy atom. The molecule has 6 nitrogen and oxygen atoms in total.